The van der Waals surface area contributed by atoms with Crippen LogP contribution in [0.2, 0.25) is 0 Å². The highest BCUT2D eigenvalue weighted by atomic mass is 32.2. The fraction of sp³-hybridized carbons (Fsp3) is 0.462. The smallest absolute Gasteiger partial charge is 0.195 e. The molecule has 1 aliphatic rings. The molecule has 0 aliphatic heterocycles. The summed E-state index contributed by atoms with van der Waals surface area (Å²) in [5.74, 6) is 0.929. The molecule has 1 N–H and O–H groups in total. The Morgan fingerprint density at radius 2 is 2.16 bits per heavy atom. The average molecular weight is 292 g/mol. The van der Waals surface area contributed by atoms with Crippen LogP contribution in [0.25, 0.3) is 11.4 Å². The summed E-state index contributed by atoms with van der Waals surface area (Å²) in [5.41, 5.74) is 1.06. The first-order valence-electron chi connectivity index (χ1n) is 6.41. The maximum atomic E-state index is 5.43. The molecule has 3 rings (SSSR count). The van der Waals surface area contributed by atoms with Crippen molar-refractivity contribution in [1.82, 2.24) is 19.7 Å². The van der Waals surface area contributed by atoms with Crippen LogP contribution < -0.4 is 0 Å². The molecule has 2 aromatic heterocycles. The van der Waals surface area contributed by atoms with E-state index < -0.39 is 0 Å². The van der Waals surface area contributed by atoms with Crippen molar-refractivity contribution in [3.63, 3.8) is 0 Å². The Balaban J connectivity index is 2.07. The van der Waals surface area contributed by atoms with Crippen molar-refractivity contribution in [3.8, 4) is 11.4 Å². The van der Waals surface area contributed by atoms with Crippen molar-refractivity contribution in [1.29, 1.82) is 0 Å². The topological polar surface area (TPSA) is 46.5 Å². The Bertz CT molecular complexity index is 605. The van der Waals surface area contributed by atoms with E-state index in [9.17, 15) is 0 Å². The molecule has 100 valence electrons. The van der Waals surface area contributed by atoms with E-state index >= 15 is 0 Å². The first-order valence-corrected chi connectivity index (χ1v) is 8.11. The summed E-state index contributed by atoms with van der Waals surface area (Å²) in [6.07, 6.45) is 9.46. The Morgan fingerprint density at radius 3 is 2.89 bits per heavy atom. The Labute approximate surface area is 121 Å². The van der Waals surface area contributed by atoms with Crippen LogP contribution in [0.1, 0.15) is 25.3 Å². The number of hydrogen-bond donors (Lipinski definition) is 1. The van der Waals surface area contributed by atoms with Crippen LogP contribution in [0.4, 0.5) is 0 Å². The van der Waals surface area contributed by atoms with Gasteiger partial charge in [0.15, 0.2) is 10.6 Å². The zero-order valence-corrected chi connectivity index (χ0v) is 12.4. The van der Waals surface area contributed by atoms with Crippen molar-refractivity contribution in [3.05, 3.63) is 29.3 Å². The molecule has 0 aromatic carbocycles. The van der Waals surface area contributed by atoms with Crippen molar-refractivity contribution in [2.45, 2.75) is 30.6 Å². The van der Waals surface area contributed by atoms with E-state index in [0.29, 0.717) is 11.3 Å². The number of nitrogens with zero attached hydrogens (tertiary/aromatic N) is 3. The molecule has 1 fully saturated rings. The van der Waals surface area contributed by atoms with Crippen LogP contribution in [-0.4, -0.2) is 31.3 Å². The molecule has 2 heterocycles. The molecule has 19 heavy (non-hydrogen) atoms. The largest absolute Gasteiger partial charge is 0.296 e. The van der Waals surface area contributed by atoms with Crippen molar-refractivity contribution in [2.24, 2.45) is 0 Å². The monoisotopic (exact) mass is 292 g/mol. The molecular weight excluding hydrogens is 276 g/mol. The van der Waals surface area contributed by atoms with Crippen LogP contribution in [-0.2, 0) is 0 Å². The summed E-state index contributed by atoms with van der Waals surface area (Å²) in [7, 11) is 0. The van der Waals surface area contributed by atoms with E-state index in [0.717, 1.165) is 16.2 Å². The number of rotatable bonds is 3. The highest BCUT2D eigenvalue weighted by molar-refractivity contribution is 7.99. The van der Waals surface area contributed by atoms with Gasteiger partial charge in [-0.3, -0.25) is 14.6 Å². The minimum atomic E-state index is 0.449. The van der Waals surface area contributed by atoms with Crippen LogP contribution in [0.5, 0.6) is 0 Å². The fourth-order valence-electron chi connectivity index (χ4n) is 2.79. The lowest BCUT2D eigenvalue weighted by Gasteiger charge is -2.20. The normalized spacial score (nSPS) is 22.8. The van der Waals surface area contributed by atoms with Gasteiger partial charge in [-0.15, -0.1) is 0 Å². The van der Waals surface area contributed by atoms with E-state index in [1.807, 2.05) is 23.9 Å². The molecule has 4 nitrogen and oxygen atoms in total. The highest BCUT2D eigenvalue weighted by Crippen LogP contribution is 2.39. The summed E-state index contributed by atoms with van der Waals surface area (Å²) in [5, 5.41) is 7.98. The van der Waals surface area contributed by atoms with E-state index in [-0.39, 0.29) is 0 Å². The predicted molar refractivity (Wildman–Crippen MR) is 80.8 cm³/mol. The second kappa shape index (κ2) is 5.46. The third kappa shape index (κ3) is 2.34. The molecule has 2 unspecified atom stereocenters. The minimum absolute atomic E-state index is 0.449. The quantitative estimate of drug-likeness (QED) is 0.880. The van der Waals surface area contributed by atoms with E-state index in [2.05, 4.69) is 26.0 Å². The van der Waals surface area contributed by atoms with Crippen LogP contribution in [0, 0.1) is 4.77 Å². The molecule has 0 amide bonds. The summed E-state index contributed by atoms with van der Waals surface area (Å²) >= 11 is 7.36. The number of thioether (sulfide) groups is 1. The summed E-state index contributed by atoms with van der Waals surface area (Å²) in [4.78, 5) is 4.06. The average Bonchev–Trinajstić information content (AvgIpc) is 3.05. The molecule has 2 atom stereocenters. The summed E-state index contributed by atoms with van der Waals surface area (Å²) < 4.78 is 2.91. The molecule has 0 saturated heterocycles. The van der Waals surface area contributed by atoms with Gasteiger partial charge in [0, 0.05) is 29.2 Å². The van der Waals surface area contributed by atoms with Crippen molar-refractivity contribution < 1.29 is 0 Å². The Kier molecular flexibility index (Phi) is 3.70. The van der Waals surface area contributed by atoms with Gasteiger partial charge in [-0.2, -0.15) is 16.9 Å². The molecule has 0 spiro atoms. The first kappa shape index (κ1) is 12.9. The number of aromatic nitrogens is 4. The third-order valence-corrected chi connectivity index (χ3v) is 5.14. The van der Waals surface area contributed by atoms with E-state index in [1.54, 1.807) is 12.4 Å². The molecule has 1 aliphatic carbocycles. The number of hydrogen-bond acceptors (Lipinski definition) is 4. The number of pyridine rings is 1. The molecule has 0 radical (unpaired) electrons. The van der Waals surface area contributed by atoms with Gasteiger partial charge in [-0.1, -0.05) is 6.42 Å². The van der Waals surface area contributed by atoms with Gasteiger partial charge in [0.05, 0.1) is 0 Å². The van der Waals surface area contributed by atoms with Gasteiger partial charge in [0.25, 0.3) is 0 Å². The van der Waals surface area contributed by atoms with Crippen LogP contribution in [0.15, 0.2) is 24.5 Å². The minimum Gasteiger partial charge on any atom is -0.296 e. The fourth-order valence-corrected chi connectivity index (χ4v) is 4.04. The molecule has 2 aromatic rings. The maximum absolute atomic E-state index is 5.43. The van der Waals surface area contributed by atoms with Crippen LogP contribution >= 0.6 is 24.0 Å². The predicted octanol–water partition coefficient (Wildman–Crippen LogP) is 3.46. The van der Waals surface area contributed by atoms with Gasteiger partial charge in [0.1, 0.15) is 0 Å². The number of aromatic amines is 1. The van der Waals surface area contributed by atoms with Gasteiger partial charge >= 0.3 is 0 Å². The lowest BCUT2D eigenvalue weighted by atomic mass is 10.2. The number of H-pyrrole nitrogens is 1. The van der Waals surface area contributed by atoms with Crippen LogP contribution in [0.3, 0.4) is 0 Å². The lowest BCUT2D eigenvalue weighted by molar-refractivity contribution is 0.526. The standard InChI is InChI=1S/C13H16N4S2/c1-19-11-4-2-3-10(11)17-12(15-16-13(17)18)9-5-7-14-8-6-9/h5-8,10-11H,2-4H2,1H3,(H,16,18). The first-order chi connectivity index (χ1) is 9.31. The third-order valence-electron chi connectivity index (χ3n) is 3.70. The molecular formula is C13H16N4S2. The van der Waals surface area contributed by atoms with Gasteiger partial charge in [-0.05, 0) is 43.4 Å². The van der Waals surface area contributed by atoms with Gasteiger partial charge < -0.3 is 0 Å². The SMILES string of the molecule is CSC1CCCC1n1c(-c2ccncc2)n[nH]c1=S. The number of nitrogens with one attached hydrogen (secondary N) is 1. The zero-order chi connectivity index (χ0) is 13.2. The Morgan fingerprint density at radius 1 is 1.37 bits per heavy atom. The van der Waals surface area contributed by atoms with E-state index in [1.165, 1.54) is 19.3 Å². The van der Waals surface area contributed by atoms with E-state index in [4.69, 9.17) is 12.2 Å². The van der Waals surface area contributed by atoms with Crippen molar-refractivity contribution >= 4 is 24.0 Å². The molecule has 1 saturated carbocycles. The molecule has 6 heteroatoms. The Hall–Kier alpha value is -1.14. The maximum Gasteiger partial charge on any atom is 0.195 e. The second-order valence-electron chi connectivity index (χ2n) is 4.73. The van der Waals surface area contributed by atoms with Crippen molar-refractivity contribution in [2.75, 3.05) is 6.26 Å². The summed E-state index contributed by atoms with van der Waals surface area (Å²) in [6, 6.07) is 4.40. The van der Waals surface area contributed by atoms with Gasteiger partial charge in [0.2, 0.25) is 0 Å². The lowest BCUT2D eigenvalue weighted by Crippen LogP contribution is -2.17. The second-order valence-corrected chi connectivity index (χ2v) is 6.19. The highest BCUT2D eigenvalue weighted by Gasteiger charge is 2.30. The zero-order valence-electron chi connectivity index (χ0n) is 10.7. The summed E-state index contributed by atoms with van der Waals surface area (Å²) in [6.45, 7) is 0. The molecule has 0 bridgehead atoms. The van der Waals surface area contributed by atoms with Gasteiger partial charge in [-0.25, -0.2) is 0 Å².